The molecule has 2 aromatic rings. The zero-order chi connectivity index (χ0) is 18.4. The van der Waals surface area contributed by atoms with Crippen molar-refractivity contribution in [3.63, 3.8) is 0 Å². The molecule has 2 N–H and O–H groups in total. The van der Waals surface area contributed by atoms with Crippen LogP contribution in [0.5, 0.6) is 5.75 Å². The monoisotopic (exact) mass is 346 g/mol. The number of nitrogens with zero attached hydrogens (tertiary/aromatic N) is 2. The molecule has 0 radical (unpaired) electrons. The lowest BCUT2D eigenvalue weighted by Gasteiger charge is -2.18. The molecule has 1 heterocycles. The number of nitrogens with one attached hydrogen (secondary N) is 2. The molecule has 0 bridgehead atoms. The van der Waals surface area contributed by atoms with Crippen LogP contribution in [0.2, 0.25) is 0 Å². The lowest BCUT2D eigenvalue weighted by molar-refractivity contribution is -0.122. The van der Waals surface area contributed by atoms with Gasteiger partial charge in [-0.1, -0.05) is 5.16 Å². The SMILES string of the molecule is CNC(=O)COc1ccc(NC(=O)N(C)Cc2c(C)noc2C)cc1. The number of aryl methyl sites for hydroxylation is 2. The number of anilines is 1. The predicted octanol–water partition coefficient (Wildman–Crippen LogP) is 2.08. The van der Waals surface area contributed by atoms with E-state index in [-0.39, 0.29) is 18.5 Å². The number of rotatable bonds is 6. The van der Waals surface area contributed by atoms with Gasteiger partial charge < -0.3 is 24.8 Å². The summed E-state index contributed by atoms with van der Waals surface area (Å²) in [5.74, 6) is 1.04. The Kier molecular flexibility index (Phi) is 5.99. The van der Waals surface area contributed by atoms with E-state index in [0.29, 0.717) is 23.7 Å². The molecule has 3 amide bonds. The van der Waals surface area contributed by atoms with Gasteiger partial charge in [0.2, 0.25) is 0 Å². The van der Waals surface area contributed by atoms with Crippen molar-refractivity contribution in [3.05, 3.63) is 41.3 Å². The Morgan fingerprint density at radius 3 is 2.48 bits per heavy atom. The highest BCUT2D eigenvalue weighted by Gasteiger charge is 2.15. The van der Waals surface area contributed by atoms with Crippen LogP contribution in [0.25, 0.3) is 0 Å². The van der Waals surface area contributed by atoms with Gasteiger partial charge in [-0.25, -0.2) is 4.79 Å². The van der Waals surface area contributed by atoms with Gasteiger partial charge in [0.15, 0.2) is 6.61 Å². The number of likely N-dealkylation sites (N-methyl/N-ethyl adjacent to an activating group) is 1. The zero-order valence-electron chi connectivity index (χ0n) is 14.8. The maximum absolute atomic E-state index is 12.3. The lowest BCUT2D eigenvalue weighted by Crippen LogP contribution is -2.31. The van der Waals surface area contributed by atoms with Crippen molar-refractivity contribution in [2.45, 2.75) is 20.4 Å². The number of carbonyl (C=O) groups is 2. The molecule has 0 atom stereocenters. The Bertz CT molecular complexity index is 720. The number of hydrogen-bond acceptors (Lipinski definition) is 5. The summed E-state index contributed by atoms with van der Waals surface area (Å²) in [5, 5.41) is 9.15. The van der Waals surface area contributed by atoms with Crippen molar-refractivity contribution in [1.82, 2.24) is 15.4 Å². The van der Waals surface area contributed by atoms with Crippen LogP contribution >= 0.6 is 0 Å². The van der Waals surface area contributed by atoms with Gasteiger partial charge in [0, 0.05) is 25.3 Å². The molecule has 0 aliphatic carbocycles. The normalized spacial score (nSPS) is 10.2. The fourth-order valence-electron chi connectivity index (χ4n) is 2.11. The fourth-order valence-corrected chi connectivity index (χ4v) is 2.11. The molecule has 25 heavy (non-hydrogen) atoms. The summed E-state index contributed by atoms with van der Waals surface area (Å²) in [6, 6.07) is 6.54. The molecular formula is C17H22N4O4. The van der Waals surface area contributed by atoms with E-state index in [9.17, 15) is 9.59 Å². The molecule has 8 nitrogen and oxygen atoms in total. The van der Waals surface area contributed by atoms with Gasteiger partial charge >= 0.3 is 6.03 Å². The first-order chi connectivity index (χ1) is 11.9. The van der Waals surface area contributed by atoms with E-state index < -0.39 is 0 Å². The highest BCUT2D eigenvalue weighted by atomic mass is 16.5. The zero-order valence-corrected chi connectivity index (χ0v) is 14.8. The first kappa shape index (κ1) is 18.3. The summed E-state index contributed by atoms with van der Waals surface area (Å²) in [6.45, 7) is 4.01. The van der Waals surface area contributed by atoms with Gasteiger partial charge in [0.1, 0.15) is 11.5 Å². The summed E-state index contributed by atoms with van der Waals surface area (Å²) < 4.78 is 10.4. The summed E-state index contributed by atoms with van der Waals surface area (Å²) >= 11 is 0. The molecule has 0 unspecified atom stereocenters. The molecule has 2 rings (SSSR count). The third-order valence-electron chi connectivity index (χ3n) is 3.68. The summed E-state index contributed by atoms with van der Waals surface area (Å²) in [4.78, 5) is 25.0. The molecule has 1 aromatic heterocycles. The Labute approximate surface area is 146 Å². The lowest BCUT2D eigenvalue weighted by atomic mass is 10.2. The van der Waals surface area contributed by atoms with E-state index in [0.717, 1.165) is 11.3 Å². The molecular weight excluding hydrogens is 324 g/mol. The molecule has 8 heteroatoms. The minimum absolute atomic E-state index is 0.0532. The number of hydrogen-bond donors (Lipinski definition) is 2. The molecule has 0 saturated heterocycles. The average molecular weight is 346 g/mol. The van der Waals surface area contributed by atoms with Gasteiger partial charge in [-0.15, -0.1) is 0 Å². The van der Waals surface area contributed by atoms with Crippen molar-refractivity contribution in [1.29, 1.82) is 0 Å². The maximum atomic E-state index is 12.3. The first-order valence-corrected chi connectivity index (χ1v) is 7.78. The van der Waals surface area contributed by atoms with Crippen LogP contribution in [0.4, 0.5) is 10.5 Å². The molecule has 1 aromatic carbocycles. The smallest absolute Gasteiger partial charge is 0.321 e. The molecule has 0 aliphatic heterocycles. The van der Waals surface area contributed by atoms with Gasteiger partial charge in [-0.05, 0) is 38.1 Å². The molecule has 134 valence electrons. The predicted molar refractivity (Wildman–Crippen MR) is 92.5 cm³/mol. The first-order valence-electron chi connectivity index (χ1n) is 7.78. The summed E-state index contributed by atoms with van der Waals surface area (Å²) in [7, 11) is 3.24. The molecule has 0 fully saturated rings. The Hall–Kier alpha value is -3.03. The number of aromatic nitrogens is 1. The summed E-state index contributed by atoms with van der Waals surface area (Å²) in [5.41, 5.74) is 2.30. The van der Waals surface area contributed by atoms with Crippen molar-refractivity contribution in [2.24, 2.45) is 0 Å². The van der Waals surface area contributed by atoms with E-state index in [1.54, 1.807) is 43.3 Å². The standard InChI is InChI=1S/C17H22N4O4/c1-11-15(12(2)25-20-11)9-21(4)17(23)19-13-5-7-14(8-6-13)24-10-16(22)18-3/h5-8H,9-10H2,1-4H3,(H,18,22)(H,19,23). The van der Waals surface area contributed by atoms with E-state index in [2.05, 4.69) is 15.8 Å². The minimum atomic E-state index is -0.251. The number of urea groups is 1. The second kappa shape index (κ2) is 8.18. The topological polar surface area (TPSA) is 96.7 Å². The van der Waals surface area contributed by atoms with Crippen molar-refractivity contribution >= 4 is 17.6 Å². The number of benzene rings is 1. The van der Waals surface area contributed by atoms with Crippen molar-refractivity contribution in [2.75, 3.05) is 26.0 Å². The van der Waals surface area contributed by atoms with Crippen LogP contribution < -0.4 is 15.4 Å². The Balaban J connectivity index is 1.90. The van der Waals surface area contributed by atoms with E-state index in [4.69, 9.17) is 9.26 Å². The van der Waals surface area contributed by atoms with Crippen molar-refractivity contribution in [3.8, 4) is 5.75 Å². The maximum Gasteiger partial charge on any atom is 0.321 e. The second-order valence-corrected chi connectivity index (χ2v) is 5.58. The number of amides is 3. The summed E-state index contributed by atoms with van der Waals surface area (Å²) in [6.07, 6.45) is 0. The minimum Gasteiger partial charge on any atom is -0.484 e. The molecule has 0 saturated carbocycles. The van der Waals surface area contributed by atoms with Gasteiger partial charge in [-0.3, -0.25) is 4.79 Å². The molecule has 0 aliphatic rings. The van der Waals surface area contributed by atoms with Crippen LogP contribution in [-0.4, -0.2) is 42.7 Å². The van der Waals surface area contributed by atoms with Gasteiger partial charge in [-0.2, -0.15) is 0 Å². The van der Waals surface area contributed by atoms with Crippen molar-refractivity contribution < 1.29 is 18.8 Å². The van der Waals surface area contributed by atoms with Crippen LogP contribution in [0, 0.1) is 13.8 Å². The average Bonchev–Trinajstić information content (AvgIpc) is 2.92. The van der Waals surface area contributed by atoms with E-state index in [1.807, 2.05) is 13.8 Å². The molecule has 0 spiro atoms. The quantitative estimate of drug-likeness (QED) is 0.835. The largest absolute Gasteiger partial charge is 0.484 e. The van der Waals surface area contributed by atoms with Crippen LogP contribution in [0.1, 0.15) is 17.0 Å². The van der Waals surface area contributed by atoms with Crippen LogP contribution in [0.3, 0.4) is 0 Å². The Morgan fingerprint density at radius 2 is 1.92 bits per heavy atom. The third kappa shape index (κ3) is 4.97. The highest BCUT2D eigenvalue weighted by Crippen LogP contribution is 2.17. The third-order valence-corrected chi connectivity index (χ3v) is 3.68. The van der Waals surface area contributed by atoms with Gasteiger partial charge in [0.25, 0.3) is 5.91 Å². The fraction of sp³-hybridized carbons (Fsp3) is 0.353. The second-order valence-electron chi connectivity index (χ2n) is 5.58. The highest BCUT2D eigenvalue weighted by molar-refractivity contribution is 5.89. The van der Waals surface area contributed by atoms with E-state index >= 15 is 0 Å². The van der Waals surface area contributed by atoms with Crippen LogP contribution in [0.15, 0.2) is 28.8 Å². The Morgan fingerprint density at radius 1 is 1.24 bits per heavy atom. The van der Waals surface area contributed by atoms with E-state index in [1.165, 1.54) is 0 Å². The van der Waals surface area contributed by atoms with Gasteiger partial charge in [0.05, 0.1) is 12.2 Å². The number of carbonyl (C=O) groups excluding carboxylic acids is 2. The number of ether oxygens (including phenoxy) is 1. The van der Waals surface area contributed by atoms with Crippen LogP contribution in [-0.2, 0) is 11.3 Å².